The van der Waals surface area contributed by atoms with Crippen LogP contribution in [0.25, 0.3) is 11.0 Å². The zero-order valence-corrected chi connectivity index (χ0v) is 12.7. The van der Waals surface area contributed by atoms with Crippen molar-refractivity contribution in [2.75, 3.05) is 0 Å². The van der Waals surface area contributed by atoms with Gasteiger partial charge in [0.05, 0.1) is 29.2 Å². The summed E-state index contributed by atoms with van der Waals surface area (Å²) in [5, 5.41) is 4.44. The number of fused-ring (bicyclic) bond motifs is 1. The number of benzene rings is 1. The van der Waals surface area contributed by atoms with Gasteiger partial charge >= 0.3 is 0 Å². The summed E-state index contributed by atoms with van der Waals surface area (Å²) in [6, 6.07) is 4.60. The molecule has 0 unspecified atom stereocenters. The minimum Gasteiger partial charge on any atom is -0.322 e. The highest BCUT2D eigenvalue weighted by atomic mass is 35.5. The first-order chi connectivity index (χ1) is 10.1. The average molecular weight is 307 g/mol. The van der Waals surface area contributed by atoms with Crippen LogP contribution in [0.15, 0.2) is 24.4 Å². The molecule has 0 bridgehead atoms. The van der Waals surface area contributed by atoms with Crippen molar-refractivity contribution in [1.29, 1.82) is 0 Å². The SMILES string of the molecule is CCc1nn(C)cc1Cn1c(CCl)nc2ccc(F)cc21. The van der Waals surface area contributed by atoms with Gasteiger partial charge in [-0.1, -0.05) is 6.92 Å². The molecule has 0 saturated heterocycles. The summed E-state index contributed by atoms with van der Waals surface area (Å²) >= 11 is 5.99. The van der Waals surface area contributed by atoms with Gasteiger partial charge in [0.25, 0.3) is 0 Å². The number of halogens is 2. The zero-order chi connectivity index (χ0) is 15.0. The van der Waals surface area contributed by atoms with Crippen molar-refractivity contribution in [3.63, 3.8) is 0 Å². The maximum absolute atomic E-state index is 13.5. The molecule has 3 rings (SSSR count). The highest BCUT2D eigenvalue weighted by molar-refractivity contribution is 6.16. The first-order valence-electron chi connectivity index (χ1n) is 6.84. The normalized spacial score (nSPS) is 11.4. The van der Waals surface area contributed by atoms with Crippen LogP contribution in [0.3, 0.4) is 0 Å². The van der Waals surface area contributed by atoms with Crippen molar-refractivity contribution in [1.82, 2.24) is 19.3 Å². The highest BCUT2D eigenvalue weighted by Gasteiger charge is 2.14. The zero-order valence-electron chi connectivity index (χ0n) is 12.0. The fraction of sp³-hybridized carbons (Fsp3) is 0.333. The van der Waals surface area contributed by atoms with Gasteiger partial charge in [0, 0.05) is 18.8 Å². The van der Waals surface area contributed by atoms with E-state index in [0.29, 0.717) is 6.54 Å². The fourth-order valence-corrected chi connectivity index (χ4v) is 2.81. The third-order valence-corrected chi connectivity index (χ3v) is 3.80. The lowest BCUT2D eigenvalue weighted by Crippen LogP contribution is -2.05. The number of aromatic nitrogens is 4. The summed E-state index contributed by atoms with van der Waals surface area (Å²) in [5.74, 6) is 0.757. The van der Waals surface area contributed by atoms with Crippen LogP contribution in [0, 0.1) is 5.82 Å². The molecule has 0 aliphatic heterocycles. The predicted molar refractivity (Wildman–Crippen MR) is 80.9 cm³/mol. The topological polar surface area (TPSA) is 35.6 Å². The minimum atomic E-state index is -0.272. The van der Waals surface area contributed by atoms with Gasteiger partial charge in [-0.2, -0.15) is 5.10 Å². The summed E-state index contributed by atoms with van der Waals surface area (Å²) < 4.78 is 17.3. The molecule has 21 heavy (non-hydrogen) atoms. The van der Waals surface area contributed by atoms with Crippen molar-refractivity contribution in [3.8, 4) is 0 Å². The molecule has 0 saturated carbocycles. The van der Waals surface area contributed by atoms with Gasteiger partial charge in [-0.25, -0.2) is 9.37 Å². The summed E-state index contributed by atoms with van der Waals surface area (Å²) in [6.45, 7) is 2.67. The van der Waals surface area contributed by atoms with Crippen LogP contribution in [0.2, 0.25) is 0 Å². The molecule has 0 fully saturated rings. The van der Waals surface area contributed by atoms with Crippen molar-refractivity contribution in [3.05, 3.63) is 47.3 Å². The quantitative estimate of drug-likeness (QED) is 0.694. The van der Waals surface area contributed by atoms with Crippen molar-refractivity contribution < 1.29 is 4.39 Å². The Kier molecular flexibility index (Phi) is 3.68. The number of rotatable bonds is 4. The first kappa shape index (κ1) is 14.1. The average Bonchev–Trinajstić information content (AvgIpc) is 3.00. The van der Waals surface area contributed by atoms with E-state index in [4.69, 9.17) is 11.6 Å². The number of hydrogen-bond acceptors (Lipinski definition) is 2. The fourth-order valence-electron chi connectivity index (χ4n) is 2.61. The van der Waals surface area contributed by atoms with E-state index in [1.807, 2.05) is 17.8 Å². The van der Waals surface area contributed by atoms with E-state index in [1.54, 1.807) is 10.7 Å². The summed E-state index contributed by atoms with van der Waals surface area (Å²) in [7, 11) is 1.90. The largest absolute Gasteiger partial charge is 0.322 e. The molecular weight excluding hydrogens is 291 g/mol. The molecule has 2 heterocycles. The second-order valence-corrected chi connectivity index (χ2v) is 5.28. The van der Waals surface area contributed by atoms with Gasteiger partial charge < -0.3 is 4.57 Å². The van der Waals surface area contributed by atoms with E-state index in [2.05, 4.69) is 17.0 Å². The Bertz CT molecular complexity index is 790. The van der Waals surface area contributed by atoms with Crippen molar-refractivity contribution in [2.45, 2.75) is 25.8 Å². The maximum Gasteiger partial charge on any atom is 0.125 e. The Morgan fingerprint density at radius 3 is 2.86 bits per heavy atom. The lowest BCUT2D eigenvalue weighted by Gasteiger charge is -2.07. The Balaban J connectivity index is 2.12. The second kappa shape index (κ2) is 5.48. The van der Waals surface area contributed by atoms with Crippen LogP contribution in [0.4, 0.5) is 4.39 Å². The Morgan fingerprint density at radius 1 is 1.33 bits per heavy atom. The monoisotopic (exact) mass is 306 g/mol. The van der Waals surface area contributed by atoms with E-state index in [1.165, 1.54) is 12.1 Å². The molecule has 3 aromatic rings. The molecule has 0 aliphatic carbocycles. The first-order valence-corrected chi connectivity index (χ1v) is 7.37. The van der Waals surface area contributed by atoms with Gasteiger partial charge in [-0.15, -0.1) is 11.6 Å². The van der Waals surface area contributed by atoms with Crippen LogP contribution in [-0.2, 0) is 25.9 Å². The number of aryl methyl sites for hydroxylation is 2. The highest BCUT2D eigenvalue weighted by Crippen LogP contribution is 2.21. The standard InChI is InChI=1S/C15H16ClFN4/c1-3-12-10(8-20(2)19-12)9-21-14-6-11(17)4-5-13(14)18-15(21)7-16/h4-6,8H,3,7,9H2,1-2H3. The molecule has 4 nitrogen and oxygen atoms in total. The van der Waals surface area contributed by atoms with Gasteiger partial charge in [0.2, 0.25) is 0 Å². The lowest BCUT2D eigenvalue weighted by atomic mass is 10.2. The molecule has 0 radical (unpaired) electrons. The Morgan fingerprint density at radius 2 is 2.14 bits per heavy atom. The van der Waals surface area contributed by atoms with Crippen LogP contribution in [0.5, 0.6) is 0 Å². The van der Waals surface area contributed by atoms with Gasteiger partial charge in [0.15, 0.2) is 0 Å². The van der Waals surface area contributed by atoms with Crippen molar-refractivity contribution >= 4 is 22.6 Å². The summed E-state index contributed by atoms with van der Waals surface area (Å²) in [4.78, 5) is 4.47. The molecule has 0 amide bonds. The molecule has 6 heteroatoms. The number of hydrogen-bond donors (Lipinski definition) is 0. The van der Waals surface area contributed by atoms with Crippen LogP contribution in [-0.4, -0.2) is 19.3 Å². The Hall–Kier alpha value is -1.88. The van der Waals surface area contributed by atoms with Crippen LogP contribution in [0.1, 0.15) is 24.0 Å². The number of nitrogens with zero attached hydrogens (tertiary/aromatic N) is 4. The molecule has 0 spiro atoms. The lowest BCUT2D eigenvalue weighted by molar-refractivity contribution is 0.628. The van der Waals surface area contributed by atoms with Crippen LogP contribution < -0.4 is 0 Å². The molecule has 0 aliphatic rings. The van der Waals surface area contributed by atoms with Crippen LogP contribution >= 0.6 is 11.6 Å². The van der Waals surface area contributed by atoms with E-state index >= 15 is 0 Å². The minimum absolute atomic E-state index is 0.272. The second-order valence-electron chi connectivity index (χ2n) is 5.01. The van der Waals surface area contributed by atoms with Gasteiger partial charge in [0.1, 0.15) is 11.6 Å². The molecule has 1 aromatic carbocycles. The van der Waals surface area contributed by atoms with E-state index in [0.717, 1.165) is 34.5 Å². The molecule has 110 valence electrons. The predicted octanol–water partition coefficient (Wildman–Crippen LogP) is 3.26. The Labute approximate surface area is 127 Å². The third-order valence-electron chi connectivity index (χ3n) is 3.56. The summed E-state index contributed by atoms with van der Waals surface area (Å²) in [6.07, 6.45) is 2.84. The van der Waals surface area contributed by atoms with Gasteiger partial charge in [-0.05, 0) is 24.6 Å². The number of imidazole rings is 1. The molecular formula is C15H16ClFN4. The molecule has 0 N–H and O–H groups in total. The maximum atomic E-state index is 13.5. The van der Waals surface area contributed by atoms with E-state index in [9.17, 15) is 4.39 Å². The van der Waals surface area contributed by atoms with E-state index < -0.39 is 0 Å². The smallest absolute Gasteiger partial charge is 0.125 e. The van der Waals surface area contributed by atoms with E-state index in [-0.39, 0.29) is 11.7 Å². The van der Waals surface area contributed by atoms with Crippen molar-refractivity contribution in [2.24, 2.45) is 7.05 Å². The molecule has 2 aromatic heterocycles. The molecule has 0 atom stereocenters. The van der Waals surface area contributed by atoms with Gasteiger partial charge in [-0.3, -0.25) is 4.68 Å². The summed E-state index contributed by atoms with van der Waals surface area (Å²) in [5.41, 5.74) is 3.66. The number of alkyl halides is 1. The third kappa shape index (κ3) is 2.53.